The molecule has 1 aliphatic rings. The summed E-state index contributed by atoms with van der Waals surface area (Å²) in [5.41, 5.74) is -2.43. The van der Waals surface area contributed by atoms with Crippen molar-refractivity contribution in [3.8, 4) is 5.75 Å². The summed E-state index contributed by atoms with van der Waals surface area (Å²) in [6.07, 6.45) is -4.34. The van der Waals surface area contributed by atoms with E-state index < -0.39 is 67.8 Å². The second kappa shape index (κ2) is 12.8. The second-order valence-electron chi connectivity index (χ2n) is 12.0. The minimum Gasteiger partial charge on any atom is -0.462 e. The van der Waals surface area contributed by atoms with E-state index in [9.17, 15) is 24.1 Å². The van der Waals surface area contributed by atoms with Gasteiger partial charge in [0.2, 0.25) is 0 Å². The topological polar surface area (TPSA) is 163 Å². The summed E-state index contributed by atoms with van der Waals surface area (Å²) in [4.78, 5) is 38.6. The maximum Gasteiger partial charge on any atom is 0.459 e. The summed E-state index contributed by atoms with van der Waals surface area (Å²) in [5.74, 6) is -0.530. The molecule has 3 N–H and O–H groups in total. The molecule has 0 bridgehead atoms. The average Bonchev–Trinajstić information content (AvgIpc) is 3.43. The fourth-order valence-electron chi connectivity index (χ4n) is 5.63. The maximum absolute atomic E-state index is 15.8. The van der Waals surface area contributed by atoms with Gasteiger partial charge in [0.15, 0.2) is 11.9 Å². The summed E-state index contributed by atoms with van der Waals surface area (Å²) >= 11 is 0. The Hall–Kier alpha value is -3.81. The summed E-state index contributed by atoms with van der Waals surface area (Å²) in [6.45, 7) is 9.19. The summed E-state index contributed by atoms with van der Waals surface area (Å²) < 4.78 is 56.0. The Morgan fingerprint density at radius 3 is 2.48 bits per heavy atom. The molecule has 2 aromatic carbocycles. The number of hydrogen-bond acceptors (Lipinski definition) is 9. The van der Waals surface area contributed by atoms with E-state index in [4.69, 9.17) is 18.5 Å². The highest BCUT2D eigenvalue weighted by molar-refractivity contribution is 7.52. The Bertz CT molecular complexity index is 1920. The number of nitrogens with zero attached hydrogens (tertiary/aromatic N) is 2. The molecule has 4 aromatic rings. The largest absolute Gasteiger partial charge is 0.462 e. The third kappa shape index (κ3) is 6.40. The van der Waals surface area contributed by atoms with Crippen LogP contribution in [-0.2, 0) is 23.4 Å². The van der Waals surface area contributed by atoms with Gasteiger partial charge in [0, 0.05) is 29.2 Å². The zero-order chi connectivity index (χ0) is 33.6. The van der Waals surface area contributed by atoms with Crippen molar-refractivity contribution in [1.82, 2.24) is 19.2 Å². The van der Waals surface area contributed by atoms with E-state index in [1.54, 1.807) is 26.0 Å². The summed E-state index contributed by atoms with van der Waals surface area (Å²) in [7, 11) is -4.51. The molecule has 15 heteroatoms. The number of aromatic nitrogens is 3. The standard InChI is InChI=1S/C31H38FN4O9P/c1-17(2)36-21-11-8-7-10-20(21)26-22(36)12-9-13-23(26)45-46(41,34-19(5)28(39)43-18(3)4)42-16-24-27(38)31(6,32)29(44-24)35-15-14-25(37)33-30(35)40/h7-15,17-19,24,27,29,38H,16H2,1-6H3,(H,34,41)(H,33,37,40). The van der Waals surface area contributed by atoms with Crippen LogP contribution in [0.5, 0.6) is 5.75 Å². The normalized spacial score (nSPS) is 23.7. The second-order valence-corrected chi connectivity index (χ2v) is 13.7. The van der Waals surface area contributed by atoms with Crippen molar-refractivity contribution >= 4 is 35.5 Å². The number of fused-ring (bicyclic) bond motifs is 3. The lowest BCUT2D eigenvalue weighted by Crippen LogP contribution is -2.43. The van der Waals surface area contributed by atoms with Crippen molar-refractivity contribution in [3.63, 3.8) is 0 Å². The van der Waals surface area contributed by atoms with E-state index in [1.807, 2.05) is 49.2 Å². The van der Waals surface area contributed by atoms with Crippen LogP contribution in [-0.4, -0.2) is 61.8 Å². The van der Waals surface area contributed by atoms with Gasteiger partial charge in [-0.1, -0.05) is 24.3 Å². The highest BCUT2D eigenvalue weighted by Crippen LogP contribution is 2.50. The van der Waals surface area contributed by atoms with Gasteiger partial charge in [0.25, 0.3) is 5.56 Å². The molecule has 5 rings (SSSR count). The number of nitrogens with one attached hydrogen (secondary N) is 2. The number of carbonyl (C=O) groups is 1. The van der Waals surface area contributed by atoms with Gasteiger partial charge in [-0.3, -0.25) is 23.7 Å². The lowest BCUT2D eigenvalue weighted by molar-refractivity contribution is -0.149. The van der Waals surface area contributed by atoms with Crippen molar-refractivity contribution in [2.24, 2.45) is 0 Å². The molecular formula is C31H38FN4O9P. The van der Waals surface area contributed by atoms with Gasteiger partial charge in [-0.2, -0.15) is 5.09 Å². The molecule has 2 aromatic heterocycles. The Labute approximate surface area is 263 Å². The molecule has 0 saturated carbocycles. The van der Waals surface area contributed by atoms with Crippen molar-refractivity contribution in [2.75, 3.05) is 6.61 Å². The Morgan fingerprint density at radius 1 is 1.11 bits per heavy atom. The molecule has 0 aliphatic carbocycles. The van der Waals surface area contributed by atoms with E-state index in [1.165, 1.54) is 6.92 Å². The number of hydrogen-bond donors (Lipinski definition) is 3. The molecule has 1 aliphatic heterocycles. The lowest BCUT2D eigenvalue weighted by Gasteiger charge is -2.26. The van der Waals surface area contributed by atoms with Crippen molar-refractivity contribution in [3.05, 3.63) is 75.6 Å². The molecule has 6 unspecified atom stereocenters. The van der Waals surface area contributed by atoms with Gasteiger partial charge >= 0.3 is 19.4 Å². The van der Waals surface area contributed by atoms with Crippen molar-refractivity contribution in [2.45, 2.75) is 83.8 Å². The van der Waals surface area contributed by atoms with E-state index in [-0.39, 0.29) is 11.8 Å². The number of alkyl halides is 1. The van der Waals surface area contributed by atoms with Gasteiger partial charge in [-0.25, -0.2) is 13.8 Å². The molecule has 1 saturated heterocycles. The first kappa shape index (κ1) is 33.6. The van der Waals surface area contributed by atoms with Crippen LogP contribution in [0.2, 0.25) is 0 Å². The van der Waals surface area contributed by atoms with Gasteiger partial charge in [0.05, 0.1) is 23.6 Å². The number of benzene rings is 2. The Morgan fingerprint density at radius 2 is 1.80 bits per heavy atom. The van der Waals surface area contributed by atoms with Crippen LogP contribution < -0.4 is 20.9 Å². The van der Waals surface area contributed by atoms with Crippen LogP contribution in [0, 0.1) is 0 Å². The van der Waals surface area contributed by atoms with Crippen LogP contribution in [0.25, 0.3) is 21.8 Å². The van der Waals surface area contributed by atoms with Gasteiger partial charge in [-0.05, 0) is 59.7 Å². The molecule has 0 spiro atoms. The number of aliphatic hydroxyl groups excluding tert-OH is 1. The van der Waals surface area contributed by atoms with Gasteiger partial charge < -0.3 is 23.7 Å². The number of para-hydroxylation sites is 1. The number of aliphatic hydroxyl groups is 1. The number of halogens is 1. The molecule has 1 fully saturated rings. The molecule has 0 amide bonds. The fourth-order valence-corrected chi connectivity index (χ4v) is 7.14. The smallest absolute Gasteiger partial charge is 0.459 e. The predicted octanol–water partition coefficient (Wildman–Crippen LogP) is 4.35. The van der Waals surface area contributed by atoms with Crippen molar-refractivity contribution < 1.29 is 37.4 Å². The Kier molecular flexibility index (Phi) is 9.31. The van der Waals surface area contributed by atoms with Crippen LogP contribution >= 0.6 is 7.75 Å². The molecule has 3 heterocycles. The monoisotopic (exact) mass is 660 g/mol. The van der Waals surface area contributed by atoms with Crippen LogP contribution in [0.3, 0.4) is 0 Å². The van der Waals surface area contributed by atoms with E-state index in [0.717, 1.165) is 40.2 Å². The quantitative estimate of drug-likeness (QED) is 0.156. The van der Waals surface area contributed by atoms with Crippen LogP contribution in [0.4, 0.5) is 4.39 Å². The van der Waals surface area contributed by atoms with Crippen LogP contribution in [0.1, 0.15) is 53.8 Å². The maximum atomic E-state index is 15.8. The highest BCUT2D eigenvalue weighted by Gasteiger charge is 2.56. The van der Waals surface area contributed by atoms with Crippen LogP contribution in [0.15, 0.2) is 64.3 Å². The zero-order valence-corrected chi connectivity index (χ0v) is 27.2. The van der Waals surface area contributed by atoms with Crippen molar-refractivity contribution in [1.29, 1.82) is 0 Å². The molecule has 0 radical (unpaired) electrons. The minimum absolute atomic E-state index is 0.0727. The summed E-state index contributed by atoms with van der Waals surface area (Å²) in [5, 5.41) is 15.0. The number of carbonyl (C=O) groups excluding carboxylic acids is 1. The highest BCUT2D eigenvalue weighted by atomic mass is 31.2. The number of H-pyrrole nitrogens is 1. The number of aromatic amines is 1. The third-order valence-electron chi connectivity index (χ3n) is 7.72. The van der Waals surface area contributed by atoms with E-state index >= 15 is 4.39 Å². The zero-order valence-electron chi connectivity index (χ0n) is 26.3. The predicted molar refractivity (Wildman–Crippen MR) is 169 cm³/mol. The average molecular weight is 661 g/mol. The number of rotatable bonds is 11. The first-order valence-corrected chi connectivity index (χ1v) is 16.4. The number of ether oxygens (including phenoxy) is 2. The minimum atomic E-state index is -4.51. The number of esters is 1. The fraction of sp³-hybridized carbons (Fsp3) is 0.452. The lowest BCUT2D eigenvalue weighted by atomic mass is 9.98. The van der Waals surface area contributed by atoms with Gasteiger partial charge in [-0.15, -0.1) is 0 Å². The summed E-state index contributed by atoms with van der Waals surface area (Å²) in [6, 6.07) is 12.8. The first-order valence-electron chi connectivity index (χ1n) is 14.9. The van der Waals surface area contributed by atoms with E-state index in [2.05, 4.69) is 9.65 Å². The molecular weight excluding hydrogens is 622 g/mol. The first-order chi connectivity index (χ1) is 21.6. The Balaban J connectivity index is 1.49. The SMILES string of the molecule is CC(C)OC(=O)C(C)NP(=O)(OCC1OC(n2ccc(=O)[nH]c2=O)C(C)(F)C1O)Oc1cccc2c1c1ccccc1n2C(C)C. The van der Waals surface area contributed by atoms with E-state index in [0.29, 0.717) is 5.39 Å². The molecule has 13 nitrogen and oxygen atoms in total. The molecule has 6 atom stereocenters. The van der Waals surface area contributed by atoms with Gasteiger partial charge in [0.1, 0.15) is 24.0 Å². The molecule has 46 heavy (non-hydrogen) atoms. The third-order valence-corrected chi connectivity index (χ3v) is 9.35. The molecule has 248 valence electrons.